The van der Waals surface area contributed by atoms with Crippen molar-refractivity contribution in [1.29, 1.82) is 0 Å². The molecule has 0 spiro atoms. The fourth-order valence-electron chi connectivity index (χ4n) is 1.76. The first-order chi connectivity index (χ1) is 10.1. The van der Waals surface area contributed by atoms with Crippen molar-refractivity contribution >= 4 is 17.7 Å². The van der Waals surface area contributed by atoms with Crippen LogP contribution in [0.2, 0.25) is 0 Å². The van der Waals surface area contributed by atoms with Crippen molar-refractivity contribution in [2.45, 2.75) is 13.8 Å². The van der Waals surface area contributed by atoms with Crippen LogP contribution in [-0.2, 0) is 9.59 Å². The van der Waals surface area contributed by atoms with Gasteiger partial charge < -0.3 is 15.5 Å². The summed E-state index contributed by atoms with van der Waals surface area (Å²) in [5.41, 5.74) is 0.497. The number of benzene rings is 1. The van der Waals surface area contributed by atoms with Gasteiger partial charge in [0.15, 0.2) is 0 Å². The number of likely N-dealkylation sites (N-methyl/N-ethyl adjacent to an activating group) is 2. The van der Waals surface area contributed by atoms with Crippen LogP contribution < -0.4 is 10.6 Å². The minimum absolute atomic E-state index is 0.00435. The van der Waals surface area contributed by atoms with E-state index in [9.17, 15) is 14.4 Å². The van der Waals surface area contributed by atoms with Crippen LogP contribution in [-0.4, -0.2) is 48.8 Å². The summed E-state index contributed by atoms with van der Waals surface area (Å²) in [7, 11) is 0. The van der Waals surface area contributed by atoms with Crippen LogP contribution >= 0.6 is 0 Å². The molecule has 114 valence electrons. The van der Waals surface area contributed by atoms with E-state index in [-0.39, 0.29) is 30.8 Å². The summed E-state index contributed by atoms with van der Waals surface area (Å²) in [6.45, 7) is 4.42. The number of hydrogen-bond donors (Lipinski definition) is 2. The van der Waals surface area contributed by atoms with Gasteiger partial charge in [0.2, 0.25) is 11.8 Å². The van der Waals surface area contributed by atoms with E-state index in [1.807, 2.05) is 13.0 Å². The predicted octanol–water partition coefficient (Wildman–Crippen LogP) is 0.401. The van der Waals surface area contributed by atoms with Crippen molar-refractivity contribution in [1.82, 2.24) is 15.5 Å². The Balaban J connectivity index is 2.47. The molecule has 0 saturated carbocycles. The fraction of sp³-hybridized carbons (Fsp3) is 0.400. The molecule has 1 aromatic rings. The Kier molecular flexibility index (Phi) is 6.94. The van der Waals surface area contributed by atoms with E-state index in [4.69, 9.17) is 0 Å². The maximum Gasteiger partial charge on any atom is 0.251 e. The van der Waals surface area contributed by atoms with Gasteiger partial charge in [-0.15, -0.1) is 0 Å². The number of hydrogen-bond acceptors (Lipinski definition) is 3. The average Bonchev–Trinajstić information content (AvgIpc) is 2.51. The number of amides is 3. The van der Waals surface area contributed by atoms with Crippen LogP contribution in [0, 0.1) is 0 Å². The van der Waals surface area contributed by atoms with E-state index in [0.29, 0.717) is 18.7 Å². The lowest BCUT2D eigenvalue weighted by molar-refractivity contribution is -0.135. The van der Waals surface area contributed by atoms with Crippen molar-refractivity contribution in [3.63, 3.8) is 0 Å². The largest absolute Gasteiger partial charge is 0.355 e. The van der Waals surface area contributed by atoms with Crippen LogP contribution in [0.1, 0.15) is 24.2 Å². The Hall–Kier alpha value is -2.37. The van der Waals surface area contributed by atoms with E-state index in [1.165, 1.54) is 4.90 Å². The third-order valence-corrected chi connectivity index (χ3v) is 2.88. The Bertz CT molecular complexity index is 488. The Morgan fingerprint density at radius 1 is 1.05 bits per heavy atom. The van der Waals surface area contributed by atoms with Crippen LogP contribution in [0.5, 0.6) is 0 Å². The third-order valence-electron chi connectivity index (χ3n) is 2.88. The van der Waals surface area contributed by atoms with E-state index < -0.39 is 0 Å². The molecule has 0 aliphatic heterocycles. The first-order valence-corrected chi connectivity index (χ1v) is 6.96. The zero-order valence-electron chi connectivity index (χ0n) is 12.4. The molecule has 1 rings (SSSR count). The summed E-state index contributed by atoms with van der Waals surface area (Å²) in [6.07, 6.45) is 0. The zero-order chi connectivity index (χ0) is 15.7. The van der Waals surface area contributed by atoms with Gasteiger partial charge in [-0.3, -0.25) is 14.4 Å². The van der Waals surface area contributed by atoms with Gasteiger partial charge in [0.25, 0.3) is 5.91 Å². The summed E-state index contributed by atoms with van der Waals surface area (Å²) >= 11 is 0. The minimum atomic E-state index is -0.307. The predicted molar refractivity (Wildman–Crippen MR) is 79.7 cm³/mol. The van der Waals surface area contributed by atoms with Crippen LogP contribution in [0.25, 0.3) is 0 Å². The topological polar surface area (TPSA) is 78.5 Å². The van der Waals surface area contributed by atoms with Gasteiger partial charge in [0, 0.05) is 18.7 Å². The summed E-state index contributed by atoms with van der Waals surface area (Å²) in [6, 6.07) is 8.67. The van der Waals surface area contributed by atoms with Crippen molar-refractivity contribution < 1.29 is 14.4 Å². The second-order valence-corrected chi connectivity index (χ2v) is 4.41. The molecule has 2 N–H and O–H groups in total. The molecule has 0 heterocycles. The summed E-state index contributed by atoms with van der Waals surface area (Å²) < 4.78 is 0. The molecule has 0 fully saturated rings. The number of nitrogens with one attached hydrogen (secondary N) is 2. The molecule has 21 heavy (non-hydrogen) atoms. The Labute approximate surface area is 124 Å². The maximum absolute atomic E-state index is 12.0. The SMILES string of the molecule is CCNC(=O)CN(CC)C(=O)CNC(=O)c1ccccc1. The molecule has 0 aromatic heterocycles. The monoisotopic (exact) mass is 291 g/mol. The van der Waals surface area contributed by atoms with E-state index in [2.05, 4.69) is 10.6 Å². The normalized spacial score (nSPS) is 9.81. The molecule has 0 aliphatic carbocycles. The van der Waals surface area contributed by atoms with Gasteiger partial charge in [0.05, 0.1) is 13.1 Å². The quantitative estimate of drug-likeness (QED) is 0.763. The number of carbonyl (C=O) groups excluding carboxylic acids is 3. The molecular formula is C15H21N3O3. The molecule has 0 bridgehead atoms. The highest BCUT2D eigenvalue weighted by Crippen LogP contribution is 1.98. The minimum Gasteiger partial charge on any atom is -0.355 e. The third kappa shape index (κ3) is 5.64. The van der Waals surface area contributed by atoms with E-state index >= 15 is 0 Å². The second kappa shape index (κ2) is 8.73. The van der Waals surface area contributed by atoms with Crippen LogP contribution in [0.15, 0.2) is 30.3 Å². The number of carbonyl (C=O) groups is 3. The molecule has 6 nitrogen and oxygen atoms in total. The molecule has 1 aromatic carbocycles. The zero-order valence-corrected chi connectivity index (χ0v) is 12.4. The van der Waals surface area contributed by atoms with Gasteiger partial charge in [-0.25, -0.2) is 0 Å². The summed E-state index contributed by atoms with van der Waals surface area (Å²) in [5, 5.41) is 5.19. The van der Waals surface area contributed by atoms with Crippen molar-refractivity contribution in [3.05, 3.63) is 35.9 Å². The lowest BCUT2D eigenvalue weighted by Gasteiger charge is -2.20. The first-order valence-electron chi connectivity index (χ1n) is 6.96. The lowest BCUT2D eigenvalue weighted by atomic mass is 10.2. The number of nitrogens with zero attached hydrogens (tertiary/aromatic N) is 1. The molecule has 6 heteroatoms. The molecule has 0 atom stereocenters. The van der Waals surface area contributed by atoms with E-state index in [1.54, 1.807) is 31.2 Å². The van der Waals surface area contributed by atoms with Crippen LogP contribution in [0.4, 0.5) is 0 Å². The highest BCUT2D eigenvalue weighted by Gasteiger charge is 2.16. The maximum atomic E-state index is 12.0. The summed E-state index contributed by atoms with van der Waals surface area (Å²) in [5.74, 6) is -0.798. The van der Waals surface area contributed by atoms with Gasteiger partial charge in [-0.1, -0.05) is 18.2 Å². The molecular weight excluding hydrogens is 270 g/mol. The number of rotatable bonds is 7. The standard InChI is InChI=1S/C15H21N3O3/c1-3-16-13(19)11-18(4-2)14(20)10-17-15(21)12-8-6-5-7-9-12/h5-9H,3-4,10-11H2,1-2H3,(H,16,19)(H,17,21). The highest BCUT2D eigenvalue weighted by molar-refractivity contribution is 5.96. The molecule has 0 saturated heterocycles. The molecule has 3 amide bonds. The average molecular weight is 291 g/mol. The molecule has 0 unspecified atom stereocenters. The van der Waals surface area contributed by atoms with Gasteiger partial charge in [-0.2, -0.15) is 0 Å². The van der Waals surface area contributed by atoms with Crippen molar-refractivity contribution in [2.24, 2.45) is 0 Å². The smallest absolute Gasteiger partial charge is 0.251 e. The first kappa shape index (κ1) is 16.7. The van der Waals surface area contributed by atoms with Crippen molar-refractivity contribution in [3.8, 4) is 0 Å². The highest BCUT2D eigenvalue weighted by atomic mass is 16.2. The van der Waals surface area contributed by atoms with Gasteiger partial charge in [-0.05, 0) is 26.0 Å². The fourth-order valence-corrected chi connectivity index (χ4v) is 1.76. The Morgan fingerprint density at radius 2 is 1.71 bits per heavy atom. The van der Waals surface area contributed by atoms with Crippen molar-refractivity contribution in [2.75, 3.05) is 26.2 Å². The lowest BCUT2D eigenvalue weighted by Crippen LogP contribution is -2.45. The van der Waals surface area contributed by atoms with Gasteiger partial charge in [0.1, 0.15) is 0 Å². The molecule has 0 aliphatic rings. The summed E-state index contributed by atoms with van der Waals surface area (Å²) in [4.78, 5) is 36.7. The Morgan fingerprint density at radius 3 is 2.29 bits per heavy atom. The van der Waals surface area contributed by atoms with Gasteiger partial charge >= 0.3 is 0 Å². The molecule has 0 radical (unpaired) electrons. The van der Waals surface area contributed by atoms with E-state index in [0.717, 1.165) is 0 Å². The van der Waals surface area contributed by atoms with Crippen LogP contribution in [0.3, 0.4) is 0 Å². The second-order valence-electron chi connectivity index (χ2n) is 4.41.